The Morgan fingerprint density at radius 1 is 0.969 bits per heavy atom. The summed E-state index contributed by atoms with van der Waals surface area (Å²) in [7, 11) is 0. The second kappa shape index (κ2) is 10.7. The molecule has 9 heteroatoms. The van der Waals surface area contributed by atoms with Crippen molar-refractivity contribution in [3.8, 4) is 0 Å². The van der Waals surface area contributed by atoms with Crippen LogP contribution >= 0.6 is 23.2 Å². The first-order valence-corrected chi connectivity index (χ1v) is 10.7. The van der Waals surface area contributed by atoms with Crippen LogP contribution in [0.5, 0.6) is 0 Å². The second-order valence-corrected chi connectivity index (χ2v) is 9.05. The van der Waals surface area contributed by atoms with Gasteiger partial charge in [0.05, 0.1) is 11.6 Å². The summed E-state index contributed by atoms with van der Waals surface area (Å²) in [6.07, 6.45) is -0.235. The van der Waals surface area contributed by atoms with Gasteiger partial charge in [-0.1, -0.05) is 42.3 Å². The quantitative estimate of drug-likeness (QED) is 0.483. The van der Waals surface area contributed by atoms with Crippen molar-refractivity contribution in [3.05, 3.63) is 69.2 Å². The first-order chi connectivity index (χ1) is 14.9. The number of nitrogens with one attached hydrogen (secondary N) is 2. The number of carbonyl (C=O) groups is 3. The molecule has 2 aromatic rings. The van der Waals surface area contributed by atoms with Gasteiger partial charge in [-0.05, 0) is 68.7 Å². The van der Waals surface area contributed by atoms with Crippen molar-refractivity contribution in [1.29, 1.82) is 0 Å². The lowest BCUT2D eigenvalue weighted by Crippen LogP contribution is -2.43. The van der Waals surface area contributed by atoms with Crippen molar-refractivity contribution in [2.75, 3.05) is 0 Å². The molecule has 0 saturated carbocycles. The fraction of sp³-hybridized carbons (Fsp3) is 0.348. The Labute approximate surface area is 197 Å². The number of carbonyl (C=O) groups excluding carboxylic acids is 2. The highest BCUT2D eigenvalue weighted by Crippen LogP contribution is 2.26. The van der Waals surface area contributed by atoms with E-state index in [2.05, 4.69) is 10.6 Å². The summed E-state index contributed by atoms with van der Waals surface area (Å²) in [6.45, 7) is 7.02. The van der Waals surface area contributed by atoms with Crippen LogP contribution < -0.4 is 10.6 Å². The summed E-state index contributed by atoms with van der Waals surface area (Å²) in [5.74, 6) is -1.53. The molecule has 7 nitrogen and oxygen atoms in total. The maximum Gasteiger partial charge on any atom is 0.408 e. The zero-order chi connectivity index (χ0) is 24.1. The van der Waals surface area contributed by atoms with Crippen LogP contribution in [0.3, 0.4) is 0 Å². The van der Waals surface area contributed by atoms with Gasteiger partial charge in [0.1, 0.15) is 11.6 Å². The summed E-state index contributed by atoms with van der Waals surface area (Å²) in [5, 5.41) is 15.2. The van der Waals surface area contributed by atoms with Gasteiger partial charge in [0.2, 0.25) is 5.91 Å². The van der Waals surface area contributed by atoms with E-state index in [1.165, 1.54) is 30.3 Å². The highest BCUT2D eigenvalue weighted by atomic mass is 35.5. The minimum absolute atomic E-state index is 0.146. The molecule has 0 radical (unpaired) electrons. The van der Waals surface area contributed by atoms with Gasteiger partial charge in [0.25, 0.3) is 0 Å². The predicted octanol–water partition coefficient (Wildman–Crippen LogP) is 5.52. The molecule has 2 atom stereocenters. The lowest BCUT2D eigenvalue weighted by atomic mass is 10.0. The molecule has 0 aromatic heterocycles. The molecule has 172 valence electrons. The van der Waals surface area contributed by atoms with Crippen molar-refractivity contribution in [2.24, 2.45) is 0 Å². The Hall–Kier alpha value is -2.77. The van der Waals surface area contributed by atoms with E-state index in [0.717, 1.165) is 5.56 Å². The third-order valence-electron chi connectivity index (χ3n) is 4.43. The summed E-state index contributed by atoms with van der Waals surface area (Å²) < 4.78 is 5.30. The third-order valence-corrected chi connectivity index (χ3v) is 4.86. The van der Waals surface area contributed by atoms with Gasteiger partial charge in [0.15, 0.2) is 0 Å². The lowest BCUT2D eigenvalue weighted by molar-refractivity contribution is -0.124. The zero-order valence-electron chi connectivity index (χ0n) is 18.2. The van der Waals surface area contributed by atoms with Crippen molar-refractivity contribution in [2.45, 2.75) is 51.8 Å². The molecule has 2 aromatic carbocycles. The maximum atomic E-state index is 13.2. The van der Waals surface area contributed by atoms with E-state index < -0.39 is 35.7 Å². The summed E-state index contributed by atoms with van der Waals surface area (Å²) in [5.41, 5.74) is 0.510. The summed E-state index contributed by atoms with van der Waals surface area (Å²) in [6, 6.07) is 9.30. The Balaban J connectivity index is 2.31. The fourth-order valence-electron chi connectivity index (χ4n) is 3.00. The van der Waals surface area contributed by atoms with Gasteiger partial charge < -0.3 is 20.5 Å². The number of aromatic carboxylic acids is 1. The Morgan fingerprint density at radius 2 is 1.53 bits per heavy atom. The number of carboxylic acids is 1. The largest absolute Gasteiger partial charge is 0.478 e. The molecule has 0 spiro atoms. The molecule has 2 amide bonds. The zero-order valence-corrected chi connectivity index (χ0v) is 19.8. The van der Waals surface area contributed by atoms with Crippen LogP contribution in [-0.4, -0.2) is 28.7 Å². The Kier molecular flexibility index (Phi) is 8.52. The first-order valence-electron chi connectivity index (χ1n) is 9.98. The van der Waals surface area contributed by atoms with E-state index in [9.17, 15) is 14.4 Å². The van der Waals surface area contributed by atoms with Crippen LogP contribution in [0.15, 0.2) is 42.5 Å². The highest BCUT2D eigenvalue weighted by molar-refractivity contribution is 6.34. The van der Waals surface area contributed by atoms with E-state index in [-0.39, 0.29) is 5.56 Å². The number of hydrogen-bond donors (Lipinski definition) is 3. The molecule has 0 aliphatic heterocycles. The predicted molar refractivity (Wildman–Crippen MR) is 123 cm³/mol. The van der Waals surface area contributed by atoms with Gasteiger partial charge in [-0.15, -0.1) is 0 Å². The van der Waals surface area contributed by atoms with Crippen molar-refractivity contribution < 1.29 is 24.2 Å². The molecule has 0 aliphatic carbocycles. The number of amides is 2. The van der Waals surface area contributed by atoms with Crippen LogP contribution in [0.4, 0.5) is 4.79 Å². The molecule has 2 rings (SSSR count). The monoisotopic (exact) mass is 480 g/mol. The average molecular weight is 481 g/mol. The number of rotatable bonds is 7. The molecule has 0 bridgehead atoms. The lowest BCUT2D eigenvalue weighted by Gasteiger charge is -2.26. The van der Waals surface area contributed by atoms with E-state index >= 15 is 0 Å². The Morgan fingerprint density at radius 3 is 2.00 bits per heavy atom. The van der Waals surface area contributed by atoms with Crippen molar-refractivity contribution >= 4 is 41.2 Å². The smallest absolute Gasteiger partial charge is 0.408 e. The third kappa shape index (κ3) is 7.43. The molecule has 2 unspecified atom stereocenters. The second-order valence-electron chi connectivity index (χ2n) is 8.18. The van der Waals surface area contributed by atoms with Crippen molar-refractivity contribution in [3.63, 3.8) is 0 Å². The fourth-order valence-corrected chi connectivity index (χ4v) is 3.54. The summed E-state index contributed by atoms with van der Waals surface area (Å²) >= 11 is 12.2. The van der Waals surface area contributed by atoms with E-state index in [1.807, 2.05) is 6.92 Å². The molecule has 0 fully saturated rings. The maximum absolute atomic E-state index is 13.2. The topological polar surface area (TPSA) is 105 Å². The number of benzene rings is 2. The van der Waals surface area contributed by atoms with Gasteiger partial charge in [0, 0.05) is 10.0 Å². The highest BCUT2D eigenvalue weighted by Gasteiger charge is 2.28. The molecular formula is C23H26Cl2N2O5. The van der Waals surface area contributed by atoms with E-state index in [0.29, 0.717) is 22.0 Å². The number of carboxylic acid groups (broad SMARTS) is 1. The van der Waals surface area contributed by atoms with Crippen LogP contribution in [0, 0.1) is 0 Å². The van der Waals surface area contributed by atoms with E-state index in [1.54, 1.807) is 32.9 Å². The first kappa shape index (κ1) is 25.5. The minimum atomic E-state index is -1.12. The minimum Gasteiger partial charge on any atom is -0.478 e. The van der Waals surface area contributed by atoms with Gasteiger partial charge in [-0.2, -0.15) is 0 Å². The van der Waals surface area contributed by atoms with Gasteiger partial charge in [-0.3, -0.25) is 4.79 Å². The van der Waals surface area contributed by atoms with Gasteiger partial charge >= 0.3 is 12.1 Å². The Bertz CT molecular complexity index is 967. The normalized spacial score (nSPS) is 13.1. The molecule has 0 aliphatic rings. The summed E-state index contributed by atoms with van der Waals surface area (Å²) in [4.78, 5) is 36.7. The van der Waals surface area contributed by atoms with Crippen LogP contribution in [0.2, 0.25) is 10.0 Å². The van der Waals surface area contributed by atoms with Crippen molar-refractivity contribution in [1.82, 2.24) is 10.6 Å². The van der Waals surface area contributed by atoms with Crippen LogP contribution in [0.1, 0.15) is 67.7 Å². The standard InChI is InChI=1S/C23H26Cl2N2O5/c1-5-18(13-6-8-14(9-7-13)21(29)30)26-20(28)19(27-22(31)32-23(2,3)4)15-10-16(24)12-17(25)11-15/h6-12,18-19H,5H2,1-4H3,(H,26,28)(H,27,31)(H,29,30). The molecule has 3 N–H and O–H groups in total. The SMILES string of the molecule is CCC(NC(=O)C(NC(=O)OC(C)(C)C)c1cc(Cl)cc(Cl)c1)c1ccc(C(=O)O)cc1. The average Bonchev–Trinajstić information content (AvgIpc) is 2.68. The molecule has 0 saturated heterocycles. The number of halogens is 2. The van der Waals surface area contributed by atoms with Crippen LogP contribution in [-0.2, 0) is 9.53 Å². The van der Waals surface area contributed by atoms with Crippen LogP contribution in [0.25, 0.3) is 0 Å². The number of ether oxygens (including phenoxy) is 1. The van der Waals surface area contributed by atoms with E-state index in [4.69, 9.17) is 33.0 Å². The number of alkyl carbamates (subject to hydrolysis) is 1. The number of hydrogen-bond acceptors (Lipinski definition) is 4. The molecule has 0 heterocycles. The molecular weight excluding hydrogens is 455 g/mol. The molecule has 32 heavy (non-hydrogen) atoms. The van der Waals surface area contributed by atoms with Gasteiger partial charge in [-0.25, -0.2) is 9.59 Å².